The van der Waals surface area contributed by atoms with E-state index in [9.17, 15) is 9.59 Å². The molecule has 2 aromatic rings. The van der Waals surface area contributed by atoms with Gasteiger partial charge in [-0.3, -0.25) is 9.59 Å². The van der Waals surface area contributed by atoms with E-state index < -0.39 is 6.10 Å². The summed E-state index contributed by atoms with van der Waals surface area (Å²) in [5.74, 6) is 1.45. The Morgan fingerprint density at radius 3 is 2.88 bits per heavy atom. The second kappa shape index (κ2) is 6.01. The molecular weight excluding hydrogens is 324 g/mol. The summed E-state index contributed by atoms with van der Waals surface area (Å²) >= 11 is 0. The highest BCUT2D eigenvalue weighted by Crippen LogP contribution is 2.33. The van der Waals surface area contributed by atoms with Crippen LogP contribution in [0.1, 0.15) is 22.8 Å². The number of amides is 2. The van der Waals surface area contributed by atoms with Crippen molar-refractivity contribution in [3.8, 4) is 17.2 Å². The largest absolute Gasteiger partial charge is 0.479 e. The van der Waals surface area contributed by atoms with Crippen LogP contribution in [0.4, 0.5) is 5.69 Å². The standard InChI is InChI=1S/C18H16N2O5/c1-10-17(21)20-13-4-3-12(7-15(13)25-10)18(22)19-8-11-2-5-14-16(6-11)24-9-23-14/h2-7,10H,8-9H2,1H3,(H,19,22)(H,20,21). The molecule has 2 aromatic carbocycles. The number of carbonyl (C=O) groups is 2. The topological polar surface area (TPSA) is 85.9 Å². The van der Waals surface area contributed by atoms with Gasteiger partial charge in [0.05, 0.1) is 5.69 Å². The maximum atomic E-state index is 12.4. The van der Waals surface area contributed by atoms with Crippen LogP contribution in [0.5, 0.6) is 17.2 Å². The maximum Gasteiger partial charge on any atom is 0.265 e. The second-order valence-corrected chi connectivity index (χ2v) is 5.83. The first-order valence-corrected chi connectivity index (χ1v) is 7.88. The van der Waals surface area contributed by atoms with Gasteiger partial charge in [0.2, 0.25) is 6.79 Å². The minimum Gasteiger partial charge on any atom is -0.479 e. The van der Waals surface area contributed by atoms with Gasteiger partial charge in [-0.25, -0.2) is 0 Å². The van der Waals surface area contributed by atoms with Gasteiger partial charge >= 0.3 is 0 Å². The number of hydrogen-bond acceptors (Lipinski definition) is 5. The highest BCUT2D eigenvalue weighted by Gasteiger charge is 2.24. The van der Waals surface area contributed by atoms with Gasteiger partial charge in [-0.15, -0.1) is 0 Å². The van der Waals surface area contributed by atoms with Crippen LogP contribution in [-0.4, -0.2) is 24.7 Å². The second-order valence-electron chi connectivity index (χ2n) is 5.83. The first-order valence-electron chi connectivity index (χ1n) is 7.88. The summed E-state index contributed by atoms with van der Waals surface area (Å²) in [7, 11) is 0. The average Bonchev–Trinajstić information content (AvgIpc) is 3.08. The molecule has 0 saturated heterocycles. The predicted molar refractivity (Wildman–Crippen MR) is 88.9 cm³/mol. The molecule has 2 N–H and O–H groups in total. The number of hydrogen-bond donors (Lipinski definition) is 2. The smallest absolute Gasteiger partial charge is 0.265 e. The zero-order valence-corrected chi connectivity index (χ0v) is 13.5. The third kappa shape index (κ3) is 2.96. The summed E-state index contributed by atoms with van der Waals surface area (Å²) in [5, 5.41) is 5.59. The van der Waals surface area contributed by atoms with Crippen LogP contribution in [-0.2, 0) is 11.3 Å². The minimum absolute atomic E-state index is 0.201. The first-order chi connectivity index (χ1) is 12.1. The van der Waals surface area contributed by atoms with Crippen LogP contribution < -0.4 is 24.8 Å². The van der Waals surface area contributed by atoms with E-state index in [1.807, 2.05) is 18.2 Å². The molecule has 0 fully saturated rings. The molecule has 2 aliphatic rings. The summed E-state index contributed by atoms with van der Waals surface area (Å²) in [5.41, 5.74) is 1.94. The molecule has 7 nitrogen and oxygen atoms in total. The van der Waals surface area contributed by atoms with Gasteiger partial charge in [0.1, 0.15) is 5.75 Å². The molecular formula is C18H16N2O5. The SMILES string of the molecule is CC1Oc2cc(C(=O)NCc3ccc4c(c3)OCO4)ccc2NC1=O. The Labute approximate surface area is 143 Å². The van der Waals surface area contributed by atoms with E-state index in [1.165, 1.54) is 0 Å². The van der Waals surface area contributed by atoms with Crippen molar-refractivity contribution in [1.82, 2.24) is 5.32 Å². The maximum absolute atomic E-state index is 12.4. The third-order valence-electron chi connectivity index (χ3n) is 4.06. The van der Waals surface area contributed by atoms with Gasteiger partial charge in [0.25, 0.3) is 11.8 Å². The quantitative estimate of drug-likeness (QED) is 0.893. The van der Waals surface area contributed by atoms with Crippen molar-refractivity contribution < 1.29 is 23.8 Å². The Kier molecular flexibility index (Phi) is 3.68. The van der Waals surface area contributed by atoms with Crippen molar-refractivity contribution in [2.45, 2.75) is 19.6 Å². The molecule has 2 amide bonds. The van der Waals surface area contributed by atoms with E-state index in [-0.39, 0.29) is 18.6 Å². The zero-order valence-electron chi connectivity index (χ0n) is 13.5. The van der Waals surface area contributed by atoms with Crippen molar-refractivity contribution in [1.29, 1.82) is 0 Å². The zero-order chi connectivity index (χ0) is 17.4. The van der Waals surface area contributed by atoms with Crippen LogP contribution in [0.25, 0.3) is 0 Å². The van der Waals surface area contributed by atoms with E-state index >= 15 is 0 Å². The van der Waals surface area contributed by atoms with Gasteiger partial charge in [0.15, 0.2) is 17.6 Å². The van der Waals surface area contributed by atoms with E-state index in [2.05, 4.69) is 10.6 Å². The molecule has 1 atom stereocenters. The number of rotatable bonds is 3. The summed E-state index contributed by atoms with van der Waals surface area (Å²) in [4.78, 5) is 24.0. The van der Waals surface area contributed by atoms with Crippen LogP contribution >= 0.6 is 0 Å². The van der Waals surface area contributed by atoms with E-state index in [0.29, 0.717) is 35.0 Å². The lowest BCUT2D eigenvalue weighted by molar-refractivity contribution is -0.122. The fourth-order valence-electron chi connectivity index (χ4n) is 2.68. The average molecular weight is 340 g/mol. The summed E-state index contributed by atoms with van der Waals surface area (Å²) in [6, 6.07) is 10.5. The molecule has 4 rings (SSSR count). The summed E-state index contributed by atoms with van der Waals surface area (Å²) in [6.07, 6.45) is -0.584. The molecule has 25 heavy (non-hydrogen) atoms. The van der Waals surface area contributed by atoms with Crippen molar-refractivity contribution in [2.24, 2.45) is 0 Å². The van der Waals surface area contributed by atoms with Crippen LogP contribution in [0.3, 0.4) is 0 Å². The number of benzene rings is 2. The highest BCUT2D eigenvalue weighted by molar-refractivity contribution is 6.00. The molecule has 7 heteroatoms. The molecule has 0 spiro atoms. The lowest BCUT2D eigenvalue weighted by Crippen LogP contribution is -2.34. The molecule has 2 heterocycles. The highest BCUT2D eigenvalue weighted by atomic mass is 16.7. The van der Waals surface area contributed by atoms with Gasteiger partial charge in [-0.1, -0.05) is 6.07 Å². The fraction of sp³-hybridized carbons (Fsp3) is 0.222. The number of carbonyl (C=O) groups excluding carboxylic acids is 2. The summed E-state index contributed by atoms with van der Waals surface area (Å²) < 4.78 is 16.1. The monoisotopic (exact) mass is 340 g/mol. The van der Waals surface area contributed by atoms with Crippen LogP contribution in [0, 0.1) is 0 Å². The Hall–Kier alpha value is -3.22. The number of nitrogens with one attached hydrogen (secondary N) is 2. The lowest BCUT2D eigenvalue weighted by Gasteiger charge is -2.23. The van der Waals surface area contributed by atoms with Gasteiger partial charge < -0.3 is 24.8 Å². The molecule has 1 unspecified atom stereocenters. The number of fused-ring (bicyclic) bond motifs is 2. The van der Waals surface area contributed by atoms with E-state index in [0.717, 1.165) is 5.56 Å². The molecule has 0 aromatic heterocycles. The first kappa shape index (κ1) is 15.3. The predicted octanol–water partition coefficient (Wildman–Crippen LogP) is 2.06. The molecule has 0 bridgehead atoms. The fourth-order valence-corrected chi connectivity index (χ4v) is 2.68. The Bertz CT molecular complexity index is 865. The van der Waals surface area contributed by atoms with Gasteiger partial charge in [-0.2, -0.15) is 0 Å². The number of anilines is 1. The Balaban J connectivity index is 1.45. The molecule has 0 saturated carbocycles. The normalized spacial score (nSPS) is 17.3. The van der Waals surface area contributed by atoms with E-state index in [4.69, 9.17) is 14.2 Å². The van der Waals surface area contributed by atoms with E-state index in [1.54, 1.807) is 25.1 Å². The minimum atomic E-state index is -0.584. The third-order valence-corrected chi connectivity index (χ3v) is 4.06. The molecule has 2 aliphatic heterocycles. The van der Waals surface area contributed by atoms with Crippen LogP contribution in [0.2, 0.25) is 0 Å². The molecule has 128 valence electrons. The van der Waals surface area contributed by atoms with Crippen molar-refractivity contribution in [3.05, 3.63) is 47.5 Å². The van der Waals surface area contributed by atoms with Gasteiger partial charge in [0, 0.05) is 12.1 Å². The lowest BCUT2D eigenvalue weighted by atomic mass is 10.1. The Morgan fingerprint density at radius 2 is 2.00 bits per heavy atom. The van der Waals surface area contributed by atoms with Crippen molar-refractivity contribution >= 4 is 17.5 Å². The van der Waals surface area contributed by atoms with Crippen molar-refractivity contribution in [2.75, 3.05) is 12.1 Å². The molecule has 0 radical (unpaired) electrons. The van der Waals surface area contributed by atoms with Gasteiger partial charge in [-0.05, 0) is 42.8 Å². The molecule has 0 aliphatic carbocycles. The van der Waals surface area contributed by atoms with Crippen LogP contribution in [0.15, 0.2) is 36.4 Å². The number of ether oxygens (including phenoxy) is 3. The summed E-state index contributed by atoms with van der Waals surface area (Å²) in [6.45, 7) is 2.24. The van der Waals surface area contributed by atoms with Crippen molar-refractivity contribution in [3.63, 3.8) is 0 Å². The Morgan fingerprint density at radius 1 is 1.16 bits per heavy atom.